The van der Waals surface area contributed by atoms with E-state index < -0.39 is 0 Å². The molecule has 1 aromatic rings. The Kier molecular flexibility index (Phi) is 9.84. The molecule has 0 unspecified atom stereocenters. The molecule has 0 radical (unpaired) electrons. The second-order valence-electron chi connectivity index (χ2n) is 8.00. The number of aliphatic imine (C=N–C) groups is 1. The van der Waals surface area contributed by atoms with Gasteiger partial charge in [-0.05, 0) is 43.9 Å². The monoisotopic (exact) mass is 436 g/mol. The van der Waals surface area contributed by atoms with Crippen LogP contribution >= 0.6 is 0 Å². The Labute approximate surface area is 185 Å². The average Bonchev–Trinajstić information content (AvgIpc) is 2.79. The molecule has 31 heavy (non-hydrogen) atoms. The van der Waals surface area contributed by atoms with Gasteiger partial charge >= 0.3 is 0 Å². The van der Waals surface area contributed by atoms with E-state index in [1.54, 1.807) is 12.1 Å². The van der Waals surface area contributed by atoms with Crippen LogP contribution in [0.25, 0.3) is 0 Å². The van der Waals surface area contributed by atoms with Gasteiger partial charge in [0.25, 0.3) is 0 Å². The van der Waals surface area contributed by atoms with E-state index in [2.05, 4.69) is 22.0 Å². The van der Waals surface area contributed by atoms with Gasteiger partial charge in [0.15, 0.2) is 17.5 Å². The number of methoxy groups -OCH3 is 1. The molecule has 2 fully saturated rings. The lowest BCUT2D eigenvalue weighted by Gasteiger charge is -2.36. The first-order valence-corrected chi connectivity index (χ1v) is 11.5. The smallest absolute Gasteiger partial charge is 0.194 e. The van der Waals surface area contributed by atoms with Crippen molar-refractivity contribution in [3.8, 4) is 5.75 Å². The lowest BCUT2D eigenvalue weighted by Crippen LogP contribution is -2.52. The minimum Gasteiger partial charge on any atom is -0.494 e. The highest BCUT2D eigenvalue weighted by Crippen LogP contribution is 2.19. The molecule has 1 aromatic carbocycles. The minimum absolute atomic E-state index is 0.290. The van der Waals surface area contributed by atoms with Gasteiger partial charge in [0.05, 0.1) is 13.2 Å². The summed E-state index contributed by atoms with van der Waals surface area (Å²) in [6.45, 7) is 10.5. The molecule has 0 spiro atoms. The summed E-state index contributed by atoms with van der Waals surface area (Å²) < 4.78 is 30.3. The Hall–Kier alpha value is -1.90. The van der Waals surface area contributed by atoms with Gasteiger partial charge in [-0.25, -0.2) is 4.39 Å². The largest absolute Gasteiger partial charge is 0.494 e. The van der Waals surface area contributed by atoms with Gasteiger partial charge in [0.1, 0.15) is 0 Å². The molecule has 2 saturated heterocycles. The number of halogens is 1. The number of nitrogens with one attached hydrogen (secondary N) is 1. The lowest BCUT2D eigenvalue weighted by molar-refractivity contribution is -0.0318. The Bertz CT molecular complexity index is 689. The molecule has 0 aromatic heterocycles. The van der Waals surface area contributed by atoms with Crippen LogP contribution in [0.15, 0.2) is 23.2 Å². The molecule has 0 atom stereocenters. The van der Waals surface area contributed by atoms with Gasteiger partial charge in [-0.15, -0.1) is 0 Å². The molecule has 3 rings (SSSR count). The predicted octanol–water partition coefficient (Wildman–Crippen LogP) is 2.50. The third-order valence-electron chi connectivity index (χ3n) is 5.72. The van der Waals surface area contributed by atoms with Crippen molar-refractivity contribution in [1.82, 2.24) is 15.1 Å². The summed E-state index contributed by atoms with van der Waals surface area (Å²) in [5.41, 5.74) is 0.969. The van der Waals surface area contributed by atoms with Crippen LogP contribution in [-0.4, -0.2) is 88.1 Å². The van der Waals surface area contributed by atoms with Crippen molar-refractivity contribution in [2.45, 2.75) is 38.8 Å². The number of guanidine groups is 1. The zero-order valence-electron chi connectivity index (χ0n) is 18.9. The molecule has 2 heterocycles. The van der Waals surface area contributed by atoms with Crippen molar-refractivity contribution in [2.75, 3.05) is 66.2 Å². The maximum atomic E-state index is 13.9. The normalized spacial score (nSPS) is 18.9. The third-order valence-corrected chi connectivity index (χ3v) is 5.72. The van der Waals surface area contributed by atoms with Gasteiger partial charge in [0.2, 0.25) is 0 Å². The van der Waals surface area contributed by atoms with Gasteiger partial charge in [-0.1, -0.05) is 6.07 Å². The fraction of sp³-hybridized carbons (Fsp3) is 0.696. The second-order valence-corrected chi connectivity index (χ2v) is 8.00. The van der Waals surface area contributed by atoms with E-state index in [0.717, 1.165) is 96.4 Å². The molecule has 8 heteroatoms. The zero-order valence-corrected chi connectivity index (χ0v) is 18.9. The highest BCUT2D eigenvalue weighted by molar-refractivity contribution is 5.80. The number of nitrogens with zero attached hydrogens (tertiary/aromatic N) is 3. The summed E-state index contributed by atoms with van der Waals surface area (Å²) in [6, 6.07) is 5.20. The van der Waals surface area contributed by atoms with Crippen LogP contribution in [0.4, 0.5) is 4.39 Å². The molecule has 7 nitrogen and oxygen atoms in total. The first-order valence-electron chi connectivity index (χ1n) is 11.5. The van der Waals surface area contributed by atoms with Gasteiger partial charge in [-0.2, -0.15) is 0 Å². The number of ether oxygens (including phenoxy) is 3. The maximum absolute atomic E-state index is 13.9. The minimum atomic E-state index is -0.305. The fourth-order valence-electron chi connectivity index (χ4n) is 3.95. The van der Waals surface area contributed by atoms with Crippen LogP contribution in [0.1, 0.15) is 31.7 Å². The van der Waals surface area contributed by atoms with Crippen LogP contribution in [0.3, 0.4) is 0 Å². The van der Waals surface area contributed by atoms with E-state index in [1.165, 1.54) is 7.11 Å². The molecular formula is C23H37FN4O3. The van der Waals surface area contributed by atoms with Crippen molar-refractivity contribution in [2.24, 2.45) is 4.99 Å². The van der Waals surface area contributed by atoms with Crippen LogP contribution in [0.2, 0.25) is 0 Å². The van der Waals surface area contributed by atoms with Crippen LogP contribution in [0.5, 0.6) is 5.75 Å². The summed E-state index contributed by atoms with van der Waals surface area (Å²) >= 11 is 0. The van der Waals surface area contributed by atoms with Crippen molar-refractivity contribution >= 4 is 5.96 Å². The molecule has 1 N–H and O–H groups in total. The van der Waals surface area contributed by atoms with Crippen molar-refractivity contribution in [1.29, 1.82) is 0 Å². The van der Waals surface area contributed by atoms with E-state index in [1.807, 2.05) is 6.07 Å². The highest BCUT2D eigenvalue weighted by Gasteiger charge is 2.20. The standard InChI is InChI=1S/C23H37FN4O3/c1-3-25-23(26-9-4-14-31-20-7-15-30-16-8-20)28-12-10-27(11-13-28)18-19-5-6-22(29-2)21(24)17-19/h5-6,17,20H,3-4,7-16,18H2,1-2H3,(H,25,26). The molecule has 2 aliphatic heterocycles. The Morgan fingerprint density at radius 1 is 1.23 bits per heavy atom. The summed E-state index contributed by atoms with van der Waals surface area (Å²) in [5.74, 6) is 0.961. The number of hydrogen-bond donors (Lipinski definition) is 1. The number of piperazine rings is 1. The van der Waals surface area contributed by atoms with Gasteiger partial charge < -0.3 is 24.4 Å². The van der Waals surface area contributed by atoms with E-state index >= 15 is 0 Å². The number of hydrogen-bond acceptors (Lipinski definition) is 5. The molecule has 174 valence electrons. The number of benzene rings is 1. The van der Waals surface area contributed by atoms with Gasteiger partial charge in [-0.3, -0.25) is 9.89 Å². The predicted molar refractivity (Wildman–Crippen MR) is 120 cm³/mol. The fourth-order valence-corrected chi connectivity index (χ4v) is 3.95. The molecule has 0 bridgehead atoms. The van der Waals surface area contributed by atoms with E-state index in [9.17, 15) is 4.39 Å². The lowest BCUT2D eigenvalue weighted by atomic mass is 10.1. The quantitative estimate of drug-likeness (QED) is 0.365. The first-order chi connectivity index (χ1) is 15.2. The van der Waals surface area contributed by atoms with Crippen molar-refractivity contribution < 1.29 is 18.6 Å². The Morgan fingerprint density at radius 3 is 2.68 bits per heavy atom. The number of rotatable bonds is 9. The maximum Gasteiger partial charge on any atom is 0.194 e. The molecular weight excluding hydrogens is 399 g/mol. The zero-order chi connectivity index (χ0) is 21.9. The van der Waals surface area contributed by atoms with Crippen molar-refractivity contribution in [3.05, 3.63) is 29.6 Å². The van der Waals surface area contributed by atoms with Crippen LogP contribution in [0, 0.1) is 5.82 Å². The average molecular weight is 437 g/mol. The summed E-state index contributed by atoms with van der Waals surface area (Å²) in [7, 11) is 1.49. The van der Waals surface area contributed by atoms with Gasteiger partial charge in [0, 0.05) is 65.6 Å². The molecule has 0 aliphatic carbocycles. The van der Waals surface area contributed by atoms with E-state index in [4.69, 9.17) is 19.2 Å². The SMILES string of the molecule is CCNC(=NCCCOC1CCOCC1)N1CCN(Cc2ccc(OC)c(F)c2)CC1. The second kappa shape index (κ2) is 12.8. The summed E-state index contributed by atoms with van der Waals surface area (Å²) in [4.78, 5) is 9.47. The summed E-state index contributed by atoms with van der Waals surface area (Å²) in [6.07, 6.45) is 3.27. The Morgan fingerprint density at radius 2 is 2.00 bits per heavy atom. The molecule has 0 amide bonds. The third kappa shape index (κ3) is 7.63. The van der Waals surface area contributed by atoms with Crippen LogP contribution in [-0.2, 0) is 16.0 Å². The highest BCUT2D eigenvalue weighted by atomic mass is 19.1. The molecule has 0 saturated carbocycles. The van der Waals surface area contributed by atoms with Crippen molar-refractivity contribution in [3.63, 3.8) is 0 Å². The summed E-state index contributed by atoms with van der Waals surface area (Å²) in [5, 5.41) is 3.41. The van der Waals surface area contributed by atoms with Crippen LogP contribution < -0.4 is 10.1 Å². The Balaban J connectivity index is 1.40. The van der Waals surface area contributed by atoms with E-state index in [-0.39, 0.29) is 5.82 Å². The first kappa shape index (κ1) is 23.8. The van der Waals surface area contributed by atoms with E-state index in [0.29, 0.717) is 11.9 Å². The topological polar surface area (TPSA) is 58.6 Å². The molecule has 2 aliphatic rings.